The van der Waals surface area contributed by atoms with Gasteiger partial charge in [-0.1, -0.05) is 16.8 Å². The number of anilines is 1. The maximum Gasteiger partial charge on any atom is 0.437 e. The predicted octanol–water partition coefficient (Wildman–Crippen LogP) is 3.33. The van der Waals surface area contributed by atoms with Crippen molar-refractivity contribution >= 4 is 45.7 Å². The standard InChI is InChI=1S/C11H8ClF3N2O2S/c1-17(2)9-7(12)4-5(20-9)3-6-8(11(13,14)15)16-19-10(6)18/h3-4H,1-2H3/b6-3+. The topological polar surface area (TPSA) is 41.9 Å². The Hall–Kier alpha value is -1.54. The summed E-state index contributed by atoms with van der Waals surface area (Å²) >= 11 is 7.12. The Kier molecular flexibility index (Phi) is 3.79. The molecule has 0 saturated carbocycles. The van der Waals surface area contributed by atoms with Gasteiger partial charge in [-0.3, -0.25) is 0 Å². The number of thiophene rings is 1. The Morgan fingerprint density at radius 2 is 2.10 bits per heavy atom. The Morgan fingerprint density at radius 1 is 1.45 bits per heavy atom. The molecule has 0 spiro atoms. The van der Waals surface area contributed by atoms with E-state index in [1.807, 2.05) is 0 Å². The molecule has 0 atom stereocenters. The molecule has 0 unspecified atom stereocenters. The lowest BCUT2D eigenvalue weighted by Crippen LogP contribution is -2.24. The fourth-order valence-electron chi connectivity index (χ4n) is 1.51. The van der Waals surface area contributed by atoms with Crippen LogP contribution in [0.4, 0.5) is 18.2 Å². The van der Waals surface area contributed by atoms with Crippen LogP contribution in [0.15, 0.2) is 16.8 Å². The summed E-state index contributed by atoms with van der Waals surface area (Å²) in [7, 11) is 3.50. The van der Waals surface area contributed by atoms with Crippen LogP contribution in [0, 0.1) is 0 Å². The molecular formula is C11H8ClF3N2O2S. The third-order valence-electron chi connectivity index (χ3n) is 2.34. The van der Waals surface area contributed by atoms with Gasteiger partial charge >= 0.3 is 12.1 Å². The van der Waals surface area contributed by atoms with E-state index < -0.39 is 23.4 Å². The third-order valence-corrected chi connectivity index (χ3v) is 3.99. The minimum Gasteiger partial charge on any atom is -0.368 e. The molecule has 0 saturated heterocycles. The van der Waals surface area contributed by atoms with Crippen LogP contribution in [0.25, 0.3) is 6.08 Å². The van der Waals surface area contributed by atoms with Gasteiger partial charge in [0.05, 0.1) is 10.6 Å². The largest absolute Gasteiger partial charge is 0.437 e. The Balaban J connectivity index is 2.41. The fourth-order valence-corrected chi connectivity index (χ4v) is 2.89. The first-order valence-electron chi connectivity index (χ1n) is 5.25. The van der Waals surface area contributed by atoms with Crippen LogP contribution < -0.4 is 4.90 Å². The van der Waals surface area contributed by atoms with Crippen molar-refractivity contribution < 1.29 is 22.8 Å². The summed E-state index contributed by atoms with van der Waals surface area (Å²) in [4.78, 5) is 17.5. The number of nitrogens with zero attached hydrogens (tertiary/aromatic N) is 2. The van der Waals surface area contributed by atoms with E-state index in [1.54, 1.807) is 19.0 Å². The number of hydrogen-bond acceptors (Lipinski definition) is 5. The smallest absolute Gasteiger partial charge is 0.368 e. The third kappa shape index (κ3) is 2.80. The minimum atomic E-state index is -4.75. The number of alkyl halides is 3. The van der Waals surface area contributed by atoms with Gasteiger partial charge in [-0.15, -0.1) is 11.3 Å². The van der Waals surface area contributed by atoms with E-state index in [-0.39, 0.29) is 0 Å². The van der Waals surface area contributed by atoms with Crippen molar-refractivity contribution in [2.75, 3.05) is 19.0 Å². The molecular weight excluding hydrogens is 317 g/mol. The van der Waals surface area contributed by atoms with Gasteiger partial charge < -0.3 is 9.74 Å². The maximum absolute atomic E-state index is 12.7. The summed E-state index contributed by atoms with van der Waals surface area (Å²) in [5.74, 6) is -1.13. The molecule has 2 rings (SSSR count). The van der Waals surface area contributed by atoms with E-state index in [4.69, 9.17) is 11.6 Å². The first-order valence-corrected chi connectivity index (χ1v) is 6.45. The fraction of sp³-hybridized carbons (Fsp3) is 0.273. The molecule has 1 aromatic rings. The molecule has 1 aromatic heterocycles. The van der Waals surface area contributed by atoms with Crippen LogP contribution in [-0.4, -0.2) is 32.0 Å². The molecule has 0 aromatic carbocycles. The van der Waals surface area contributed by atoms with Crippen LogP contribution in [0.5, 0.6) is 0 Å². The summed E-state index contributed by atoms with van der Waals surface area (Å²) in [6, 6.07) is 1.48. The van der Waals surface area contributed by atoms with Crippen molar-refractivity contribution in [2.24, 2.45) is 5.16 Å². The van der Waals surface area contributed by atoms with Gasteiger partial charge in [0.2, 0.25) is 0 Å². The second-order valence-electron chi connectivity index (χ2n) is 4.07. The maximum atomic E-state index is 12.7. The second-order valence-corrected chi connectivity index (χ2v) is 5.54. The lowest BCUT2D eigenvalue weighted by molar-refractivity contribution is -0.136. The van der Waals surface area contributed by atoms with Gasteiger partial charge in [0.25, 0.3) is 0 Å². The molecule has 0 N–H and O–H groups in total. The van der Waals surface area contributed by atoms with E-state index in [9.17, 15) is 18.0 Å². The molecule has 4 nitrogen and oxygen atoms in total. The van der Waals surface area contributed by atoms with Gasteiger partial charge in [-0.2, -0.15) is 13.2 Å². The molecule has 0 aliphatic carbocycles. The van der Waals surface area contributed by atoms with Crippen LogP contribution in [-0.2, 0) is 9.63 Å². The molecule has 108 valence electrons. The average molecular weight is 325 g/mol. The second kappa shape index (κ2) is 5.10. The molecule has 1 aliphatic rings. The van der Waals surface area contributed by atoms with E-state index in [1.165, 1.54) is 6.07 Å². The van der Waals surface area contributed by atoms with Crippen LogP contribution >= 0.6 is 22.9 Å². The highest BCUT2D eigenvalue weighted by molar-refractivity contribution is 7.17. The van der Waals surface area contributed by atoms with Crippen molar-refractivity contribution in [2.45, 2.75) is 6.18 Å². The lowest BCUT2D eigenvalue weighted by atomic mass is 10.1. The zero-order valence-corrected chi connectivity index (χ0v) is 11.9. The molecule has 2 heterocycles. The van der Waals surface area contributed by atoms with Gasteiger partial charge in [0, 0.05) is 19.0 Å². The van der Waals surface area contributed by atoms with Gasteiger partial charge in [0.1, 0.15) is 5.00 Å². The Labute approximate surface area is 121 Å². The van der Waals surface area contributed by atoms with Gasteiger partial charge in [-0.25, -0.2) is 4.79 Å². The number of hydrogen-bond donors (Lipinski definition) is 0. The normalized spacial score (nSPS) is 17.4. The number of carbonyl (C=O) groups is 1. The van der Waals surface area contributed by atoms with E-state index in [0.29, 0.717) is 14.9 Å². The van der Waals surface area contributed by atoms with Crippen LogP contribution in [0.2, 0.25) is 5.02 Å². The summed E-state index contributed by atoms with van der Waals surface area (Å²) in [5.41, 5.74) is -1.96. The summed E-state index contributed by atoms with van der Waals surface area (Å²) in [6.07, 6.45) is -3.67. The van der Waals surface area contributed by atoms with Crippen molar-refractivity contribution in [3.63, 3.8) is 0 Å². The monoisotopic (exact) mass is 324 g/mol. The zero-order valence-electron chi connectivity index (χ0n) is 10.3. The first kappa shape index (κ1) is 14.9. The Morgan fingerprint density at radius 3 is 2.60 bits per heavy atom. The van der Waals surface area contributed by atoms with Crippen molar-refractivity contribution in [3.8, 4) is 0 Å². The number of halogens is 4. The average Bonchev–Trinajstić information content (AvgIpc) is 2.83. The van der Waals surface area contributed by atoms with E-state index >= 15 is 0 Å². The molecule has 0 amide bonds. The number of carbonyl (C=O) groups excluding carboxylic acids is 1. The van der Waals surface area contributed by atoms with E-state index in [2.05, 4.69) is 9.99 Å². The first-order chi connectivity index (χ1) is 9.20. The number of oxime groups is 1. The SMILES string of the molecule is CN(C)c1sc(/C=C2/C(=O)ON=C2C(F)(F)F)cc1Cl. The molecule has 0 fully saturated rings. The Bertz CT molecular complexity index is 620. The quantitative estimate of drug-likeness (QED) is 0.619. The lowest BCUT2D eigenvalue weighted by Gasteiger charge is -2.08. The molecule has 20 heavy (non-hydrogen) atoms. The molecule has 0 bridgehead atoms. The van der Waals surface area contributed by atoms with E-state index in [0.717, 1.165) is 17.4 Å². The van der Waals surface area contributed by atoms with Crippen LogP contribution in [0.3, 0.4) is 0 Å². The molecule has 0 radical (unpaired) electrons. The zero-order chi connectivity index (χ0) is 15.1. The van der Waals surface area contributed by atoms with Crippen molar-refractivity contribution in [3.05, 3.63) is 21.5 Å². The highest BCUT2D eigenvalue weighted by Gasteiger charge is 2.45. The van der Waals surface area contributed by atoms with Crippen molar-refractivity contribution in [1.82, 2.24) is 0 Å². The molecule has 1 aliphatic heterocycles. The van der Waals surface area contributed by atoms with Gasteiger partial charge in [0.15, 0.2) is 5.71 Å². The van der Waals surface area contributed by atoms with Gasteiger partial charge in [-0.05, 0) is 12.1 Å². The number of rotatable bonds is 2. The molecule has 9 heteroatoms. The summed E-state index contributed by atoms with van der Waals surface area (Å²) < 4.78 is 38.0. The summed E-state index contributed by atoms with van der Waals surface area (Å²) in [6.45, 7) is 0. The summed E-state index contributed by atoms with van der Waals surface area (Å²) in [5, 5.41) is 3.83. The highest BCUT2D eigenvalue weighted by atomic mass is 35.5. The minimum absolute atomic E-state index is 0.392. The van der Waals surface area contributed by atoms with Crippen molar-refractivity contribution in [1.29, 1.82) is 0 Å². The van der Waals surface area contributed by atoms with Crippen LogP contribution in [0.1, 0.15) is 4.88 Å². The highest BCUT2D eigenvalue weighted by Crippen LogP contribution is 2.36. The predicted molar refractivity (Wildman–Crippen MR) is 71.2 cm³/mol.